The van der Waals surface area contributed by atoms with Gasteiger partial charge in [0.05, 0.1) is 23.0 Å². The quantitative estimate of drug-likeness (QED) is 0.669. The summed E-state index contributed by atoms with van der Waals surface area (Å²) in [6, 6.07) is 12.2. The van der Waals surface area contributed by atoms with Crippen molar-refractivity contribution in [3.8, 4) is 0 Å². The summed E-state index contributed by atoms with van der Waals surface area (Å²) in [5.74, 6) is -0.445. The van der Waals surface area contributed by atoms with Gasteiger partial charge in [-0.1, -0.05) is 68.2 Å². The lowest BCUT2D eigenvalue weighted by Gasteiger charge is -2.24. The van der Waals surface area contributed by atoms with E-state index in [4.69, 9.17) is 23.2 Å². The van der Waals surface area contributed by atoms with Crippen molar-refractivity contribution >= 4 is 44.8 Å². The minimum Gasteiger partial charge on any atom is -0.348 e. The second-order valence-electron chi connectivity index (χ2n) is 8.03. The predicted molar refractivity (Wildman–Crippen MR) is 120 cm³/mol. The minimum atomic E-state index is -3.75. The van der Waals surface area contributed by atoms with Crippen LogP contribution in [0, 0.1) is 0 Å². The van der Waals surface area contributed by atoms with E-state index in [1.165, 1.54) is 17.7 Å². The van der Waals surface area contributed by atoms with Gasteiger partial charge in [-0.05, 0) is 41.7 Å². The van der Waals surface area contributed by atoms with Crippen LogP contribution in [-0.2, 0) is 20.2 Å². The molecule has 0 aromatic heterocycles. The van der Waals surface area contributed by atoms with Crippen LogP contribution in [0.15, 0.2) is 42.5 Å². The Labute approximate surface area is 183 Å². The third-order valence-corrected chi connectivity index (χ3v) is 6.20. The lowest BCUT2D eigenvalue weighted by molar-refractivity contribution is -0.120. The van der Waals surface area contributed by atoms with Crippen LogP contribution in [0.4, 0.5) is 5.69 Å². The molecule has 0 bridgehead atoms. The molecule has 0 aliphatic heterocycles. The number of rotatable bonds is 6. The molecule has 0 saturated carbocycles. The Morgan fingerprint density at radius 3 is 2.21 bits per heavy atom. The van der Waals surface area contributed by atoms with E-state index in [9.17, 15) is 13.2 Å². The van der Waals surface area contributed by atoms with Crippen molar-refractivity contribution in [1.82, 2.24) is 5.32 Å². The summed E-state index contributed by atoms with van der Waals surface area (Å²) >= 11 is 12.1. The van der Waals surface area contributed by atoms with Gasteiger partial charge < -0.3 is 5.32 Å². The largest absolute Gasteiger partial charge is 0.348 e. The second kappa shape index (κ2) is 8.94. The van der Waals surface area contributed by atoms with Crippen molar-refractivity contribution in [2.45, 2.75) is 39.2 Å². The Balaban J connectivity index is 2.17. The Kier molecular flexibility index (Phi) is 7.25. The first-order valence-corrected chi connectivity index (χ1v) is 11.7. The molecule has 29 heavy (non-hydrogen) atoms. The molecule has 1 atom stereocenters. The Bertz CT molecular complexity index is 984. The van der Waals surface area contributed by atoms with Crippen LogP contribution in [-0.4, -0.2) is 27.1 Å². The third kappa shape index (κ3) is 6.36. The van der Waals surface area contributed by atoms with E-state index in [2.05, 4.69) is 26.1 Å². The maximum atomic E-state index is 12.6. The lowest BCUT2D eigenvalue weighted by atomic mass is 9.86. The maximum Gasteiger partial charge on any atom is 0.241 e. The van der Waals surface area contributed by atoms with Crippen LogP contribution in [0.5, 0.6) is 0 Å². The molecular formula is C21H26Cl2N2O3S. The zero-order valence-corrected chi connectivity index (χ0v) is 19.5. The summed E-state index contributed by atoms with van der Waals surface area (Å²) < 4.78 is 25.5. The molecule has 1 amide bonds. The van der Waals surface area contributed by atoms with Crippen LogP contribution in [0.3, 0.4) is 0 Å². The highest BCUT2D eigenvalue weighted by Crippen LogP contribution is 2.30. The van der Waals surface area contributed by atoms with Crippen LogP contribution in [0.25, 0.3) is 0 Å². The number of amides is 1. The van der Waals surface area contributed by atoms with E-state index >= 15 is 0 Å². The van der Waals surface area contributed by atoms with E-state index in [0.29, 0.717) is 5.02 Å². The average Bonchev–Trinajstić information content (AvgIpc) is 2.60. The van der Waals surface area contributed by atoms with Crippen molar-refractivity contribution in [1.29, 1.82) is 0 Å². The van der Waals surface area contributed by atoms with Gasteiger partial charge in [0.25, 0.3) is 0 Å². The molecule has 0 aliphatic carbocycles. The number of sulfonamides is 1. The number of anilines is 1. The van der Waals surface area contributed by atoms with Crippen LogP contribution in [0.2, 0.25) is 10.0 Å². The molecule has 0 heterocycles. The fourth-order valence-corrected chi connectivity index (χ4v) is 4.13. The number of hydrogen-bond donors (Lipinski definition) is 1. The predicted octanol–water partition coefficient (Wildman–Crippen LogP) is 4.93. The number of hydrogen-bond acceptors (Lipinski definition) is 3. The van der Waals surface area contributed by atoms with Crippen LogP contribution >= 0.6 is 23.2 Å². The van der Waals surface area contributed by atoms with Crippen molar-refractivity contribution in [2.24, 2.45) is 0 Å². The first kappa shape index (κ1) is 23.5. The Morgan fingerprint density at radius 2 is 1.69 bits per heavy atom. The monoisotopic (exact) mass is 456 g/mol. The topological polar surface area (TPSA) is 66.5 Å². The summed E-state index contributed by atoms with van der Waals surface area (Å²) in [5, 5.41) is 3.36. The molecule has 158 valence electrons. The van der Waals surface area contributed by atoms with Crippen molar-refractivity contribution in [2.75, 3.05) is 17.1 Å². The zero-order valence-electron chi connectivity index (χ0n) is 17.2. The highest BCUT2D eigenvalue weighted by atomic mass is 35.5. The lowest BCUT2D eigenvalue weighted by Crippen LogP contribution is -2.41. The first-order chi connectivity index (χ1) is 13.3. The molecule has 2 aromatic carbocycles. The van der Waals surface area contributed by atoms with Gasteiger partial charge in [0.15, 0.2) is 0 Å². The standard InChI is InChI=1S/C21H26Cl2N2O3S/c1-14(15-6-8-16(9-7-15)21(2,3)4)24-20(26)13-25(29(5,27)28)19-12-17(22)10-11-18(19)23/h6-12,14H,13H2,1-5H3,(H,24,26)/t14-/m0/s1. The van der Waals surface area contributed by atoms with Crippen molar-refractivity contribution in [3.05, 3.63) is 63.6 Å². The molecule has 0 saturated heterocycles. The summed E-state index contributed by atoms with van der Waals surface area (Å²) in [7, 11) is -3.75. The van der Waals surface area contributed by atoms with Gasteiger partial charge in [0.1, 0.15) is 6.54 Å². The molecule has 0 aliphatic rings. The SMILES string of the molecule is C[C@H](NC(=O)CN(c1cc(Cl)ccc1Cl)S(C)(=O)=O)c1ccc(C(C)(C)C)cc1. The molecule has 1 N–H and O–H groups in total. The third-order valence-electron chi connectivity index (χ3n) is 4.52. The number of carbonyl (C=O) groups is 1. The highest BCUT2D eigenvalue weighted by Gasteiger charge is 2.24. The molecule has 8 heteroatoms. The Morgan fingerprint density at radius 1 is 1.10 bits per heavy atom. The summed E-state index contributed by atoms with van der Waals surface area (Å²) in [6.45, 7) is 7.85. The number of carbonyl (C=O) groups excluding carboxylic acids is 1. The molecule has 5 nitrogen and oxygen atoms in total. The van der Waals surface area contributed by atoms with Gasteiger partial charge in [-0.2, -0.15) is 0 Å². The number of benzene rings is 2. The first-order valence-electron chi connectivity index (χ1n) is 9.11. The fraction of sp³-hybridized carbons (Fsp3) is 0.381. The zero-order chi connectivity index (χ0) is 22.0. The van der Waals surface area contributed by atoms with Crippen molar-refractivity contribution < 1.29 is 13.2 Å². The molecule has 0 fully saturated rings. The fourth-order valence-electron chi connectivity index (χ4n) is 2.83. The van der Waals surface area contributed by atoms with E-state index in [-0.39, 0.29) is 22.2 Å². The average molecular weight is 457 g/mol. The number of halogens is 2. The number of nitrogens with zero attached hydrogens (tertiary/aromatic N) is 1. The molecule has 0 spiro atoms. The van der Waals surface area contributed by atoms with Gasteiger partial charge in [-0.25, -0.2) is 8.42 Å². The van der Waals surface area contributed by atoms with E-state index in [0.717, 1.165) is 16.1 Å². The Hall–Kier alpha value is -1.76. The summed E-state index contributed by atoms with van der Waals surface area (Å²) in [5.41, 5.74) is 2.33. The normalized spacial score (nSPS) is 13.1. The van der Waals surface area contributed by atoms with Gasteiger partial charge >= 0.3 is 0 Å². The van der Waals surface area contributed by atoms with E-state index < -0.39 is 22.5 Å². The summed E-state index contributed by atoms with van der Waals surface area (Å²) in [4.78, 5) is 12.6. The van der Waals surface area contributed by atoms with Gasteiger partial charge in [-0.15, -0.1) is 0 Å². The minimum absolute atomic E-state index is 0.0389. The van der Waals surface area contributed by atoms with Gasteiger partial charge in [0.2, 0.25) is 15.9 Å². The van der Waals surface area contributed by atoms with Gasteiger partial charge in [0, 0.05) is 5.02 Å². The maximum absolute atomic E-state index is 12.6. The smallest absolute Gasteiger partial charge is 0.241 e. The van der Waals surface area contributed by atoms with E-state index in [1.54, 1.807) is 6.07 Å². The molecule has 0 unspecified atom stereocenters. The van der Waals surface area contributed by atoms with Crippen LogP contribution < -0.4 is 9.62 Å². The molecule has 2 rings (SSSR count). The van der Waals surface area contributed by atoms with E-state index in [1.807, 2.05) is 31.2 Å². The van der Waals surface area contributed by atoms with Crippen LogP contribution in [0.1, 0.15) is 44.9 Å². The van der Waals surface area contributed by atoms with Gasteiger partial charge in [-0.3, -0.25) is 9.10 Å². The molecule has 0 radical (unpaired) electrons. The molecular weight excluding hydrogens is 431 g/mol. The number of nitrogens with one attached hydrogen (secondary N) is 1. The second-order valence-corrected chi connectivity index (χ2v) is 10.8. The van der Waals surface area contributed by atoms with Crippen molar-refractivity contribution in [3.63, 3.8) is 0 Å². The summed E-state index contributed by atoms with van der Waals surface area (Å²) in [6.07, 6.45) is 1.02. The highest BCUT2D eigenvalue weighted by molar-refractivity contribution is 7.92. The molecule has 2 aromatic rings.